The molecule has 2 N–H and O–H groups in total. The van der Waals surface area contributed by atoms with Gasteiger partial charge in [-0.1, -0.05) is 6.92 Å². The predicted molar refractivity (Wildman–Crippen MR) is 67.7 cm³/mol. The molecule has 0 fully saturated rings. The van der Waals surface area contributed by atoms with Crippen LogP contribution in [-0.4, -0.2) is 29.8 Å². The molecule has 6 heteroatoms. The second kappa shape index (κ2) is 6.93. The lowest BCUT2D eigenvalue weighted by molar-refractivity contribution is -0.385. The van der Waals surface area contributed by atoms with Crippen LogP contribution >= 0.6 is 0 Å². The van der Waals surface area contributed by atoms with Crippen molar-refractivity contribution >= 4 is 5.69 Å². The molecule has 6 nitrogen and oxygen atoms in total. The third-order valence-corrected chi connectivity index (χ3v) is 2.58. The molecule has 0 heterocycles. The van der Waals surface area contributed by atoms with Gasteiger partial charge in [-0.15, -0.1) is 0 Å². The molecule has 0 aliphatic rings. The number of aliphatic hydroxyl groups is 1. The molecule has 18 heavy (non-hydrogen) atoms. The summed E-state index contributed by atoms with van der Waals surface area (Å²) in [6, 6.07) is 4.61. The molecule has 0 bridgehead atoms. The van der Waals surface area contributed by atoms with Crippen LogP contribution in [0.1, 0.15) is 18.9 Å². The van der Waals surface area contributed by atoms with Crippen molar-refractivity contribution in [1.82, 2.24) is 5.32 Å². The van der Waals surface area contributed by atoms with E-state index >= 15 is 0 Å². The van der Waals surface area contributed by atoms with E-state index in [2.05, 4.69) is 5.32 Å². The van der Waals surface area contributed by atoms with Crippen LogP contribution in [0.4, 0.5) is 5.69 Å². The van der Waals surface area contributed by atoms with Crippen LogP contribution in [0.15, 0.2) is 18.2 Å². The first-order chi connectivity index (χ1) is 8.56. The van der Waals surface area contributed by atoms with Crippen LogP contribution in [0.5, 0.6) is 5.75 Å². The van der Waals surface area contributed by atoms with Crippen LogP contribution < -0.4 is 10.1 Å². The van der Waals surface area contributed by atoms with Crippen molar-refractivity contribution in [3.8, 4) is 5.75 Å². The van der Waals surface area contributed by atoms with Gasteiger partial charge in [-0.05, 0) is 18.1 Å². The molecule has 1 aromatic carbocycles. The van der Waals surface area contributed by atoms with E-state index in [1.54, 1.807) is 6.07 Å². The van der Waals surface area contributed by atoms with E-state index in [4.69, 9.17) is 4.74 Å². The third-order valence-electron chi connectivity index (χ3n) is 2.58. The number of nitrogens with one attached hydrogen (secondary N) is 1. The Labute approximate surface area is 106 Å². The van der Waals surface area contributed by atoms with Gasteiger partial charge in [0.2, 0.25) is 0 Å². The van der Waals surface area contributed by atoms with E-state index in [1.807, 2.05) is 6.92 Å². The lowest BCUT2D eigenvalue weighted by Crippen LogP contribution is -2.25. The fourth-order valence-electron chi connectivity index (χ4n) is 1.50. The predicted octanol–water partition coefficient (Wildman–Crippen LogP) is 1.46. The van der Waals surface area contributed by atoms with Crippen LogP contribution in [0, 0.1) is 10.1 Å². The van der Waals surface area contributed by atoms with E-state index in [9.17, 15) is 15.2 Å². The third kappa shape index (κ3) is 4.31. The monoisotopic (exact) mass is 254 g/mol. The van der Waals surface area contributed by atoms with Crippen LogP contribution in [0.3, 0.4) is 0 Å². The van der Waals surface area contributed by atoms with E-state index < -0.39 is 11.0 Å². The van der Waals surface area contributed by atoms with E-state index in [0.717, 1.165) is 5.56 Å². The Morgan fingerprint density at radius 3 is 2.78 bits per heavy atom. The molecule has 0 radical (unpaired) electrons. The van der Waals surface area contributed by atoms with Gasteiger partial charge in [0.25, 0.3) is 5.69 Å². The minimum atomic E-state index is -0.451. The Hall–Kier alpha value is -1.66. The first-order valence-electron chi connectivity index (χ1n) is 5.78. The molecule has 0 spiro atoms. The Kier molecular flexibility index (Phi) is 5.54. The van der Waals surface area contributed by atoms with Gasteiger partial charge >= 0.3 is 0 Å². The molecule has 0 aromatic heterocycles. The van der Waals surface area contributed by atoms with E-state index in [0.29, 0.717) is 25.3 Å². The van der Waals surface area contributed by atoms with Gasteiger partial charge in [0.15, 0.2) is 0 Å². The Bertz CT molecular complexity index is 409. The van der Waals surface area contributed by atoms with Gasteiger partial charge in [-0.25, -0.2) is 0 Å². The zero-order chi connectivity index (χ0) is 13.5. The fraction of sp³-hybridized carbons (Fsp3) is 0.500. The molecule has 0 aliphatic heterocycles. The number of benzene rings is 1. The Morgan fingerprint density at radius 1 is 1.50 bits per heavy atom. The second-order valence-electron chi connectivity index (χ2n) is 3.99. The highest BCUT2D eigenvalue weighted by Crippen LogP contribution is 2.22. The summed E-state index contributed by atoms with van der Waals surface area (Å²) in [6.45, 7) is 2.80. The summed E-state index contributed by atoms with van der Waals surface area (Å²) in [6.07, 6.45) is 0.274. The van der Waals surface area contributed by atoms with Crippen LogP contribution in [0.25, 0.3) is 0 Å². The van der Waals surface area contributed by atoms with Gasteiger partial charge in [-0.2, -0.15) is 0 Å². The number of aliphatic hydroxyl groups excluding tert-OH is 1. The summed E-state index contributed by atoms with van der Waals surface area (Å²) in [5.41, 5.74) is 0.756. The van der Waals surface area contributed by atoms with Crippen LogP contribution in [0.2, 0.25) is 0 Å². The Balaban J connectivity index is 2.69. The molecule has 0 saturated carbocycles. The number of nitrogens with zero attached hydrogens (tertiary/aromatic N) is 1. The first kappa shape index (κ1) is 14.4. The molecule has 1 rings (SSSR count). The summed E-state index contributed by atoms with van der Waals surface area (Å²) < 4.78 is 5.01. The average Bonchev–Trinajstić information content (AvgIpc) is 2.37. The molecule has 0 amide bonds. The standard InChI is InChI=1S/C12H18N2O4/c1-3-11(15)8-13-7-9-4-10(14(16)17)6-12(5-9)18-2/h4-6,11,13,15H,3,7-8H2,1-2H3. The molecule has 1 aromatic rings. The van der Waals surface area contributed by atoms with Gasteiger partial charge < -0.3 is 15.2 Å². The van der Waals surface area contributed by atoms with Gasteiger partial charge in [0.05, 0.1) is 24.2 Å². The maximum Gasteiger partial charge on any atom is 0.273 e. The highest BCUT2D eigenvalue weighted by Gasteiger charge is 2.10. The number of hydrogen-bond acceptors (Lipinski definition) is 5. The molecule has 1 unspecified atom stereocenters. The fourth-order valence-corrected chi connectivity index (χ4v) is 1.50. The van der Waals surface area contributed by atoms with Gasteiger partial charge in [-0.3, -0.25) is 10.1 Å². The number of methoxy groups -OCH3 is 1. The van der Waals surface area contributed by atoms with E-state index in [1.165, 1.54) is 19.2 Å². The summed E-state index contributed by atoms with van der Waals surface area (Å²) in [7, 11) is 1.47. The van der Waals surface area contributed by atoms with Crippen molar-refractivity contribution in [2.45, 2.75) is 26.0 Å². The summed E-state index contributed by atoms with van der Waals surface area (Å²) in [5.74, 6) is 0.456. The molecule has 0 saturated heterocycles. The topological polar surface area (TPSA) is 84.6 Å². The second-order valence-corrected chi connectivity index (χ2v) is 3.99. The Morgan fingerprint density at radius 2 is 2.22 bits per heavy atom. The largest absolute Gasteiger partial charge is 0.496 e. The maximum absolute atomic E-state index is 10.7. The van der Waals surface area contributed by atoms with Crippen molar-refractivity contribution in [2.24, 2.45) is 0 Å². The number of hydrogen-bond donors (Lipinski definition) is 2. The van der Waals surface area contributed by atoms with Crippen molar-refractivity contribution < 1.29 is 14.8 Å². The molecule has 1 atom stereocenters. The van der Waals surface area contributed by atoms with Crippen molar-refractivity contribution in [2.75, 3.05) is 13.7 Å². The lowest BCUT2D eigenvalue weighted by Gasteiger charge is -2.10. The first-order valence-corrected chi connectivity index (χ1v) is 5.78. The number of nitro groups is 1. The van der Waals surface area contributed by atoms with Gasteiger partial charge in [0.1, 0.15) is 5.75 Å². The smallest absolute Gasteiger partial charge is 0.273 e. The number of ether oxygens (including phenoxy) is 1. The zero-order valence-corrected chi connectivity index (χ0v) is 10.5. The molecule has 100 valence electrons. The van der Waals surface area contributed by atoms with Crippen LogP contribution in [-0.2, 0) is 6.54 Å². The van der Waals surface area contributed by atoms with Crippen molar-refractivity contribution in [3.05, 3.63) is 33.9 Å². The van der Waals surface area contributed by atoms with Crippen molar-refractivity contribution in [1.29, 1.82) is 0 Å². The lowest BCUT2D eigenvalue weighted by atomic mass is 10.2. The summed E-state index contributed by atoms with van der Waals surface area (Å²) in [4.78, 5) is 10.3. The summed E-state index contributed by atoms with van der Waals surface area (Å²) >= 11 is 0. The molecular formula is C12H18N2O4. The number of non-ortho nitro benzene ring substituents is 1. The normalized spacial score (nSPS) is 12.2. The zero-order valence-electron chi connectivity index (χ0n) is 10.5. The molecule has 0 aliphatic carbocycles. The number of nitro benzene ring substituents is 1. The maximum atomic E-state index is 10.7. The SMILES string of the molecule is CCC(O)CNCc1cc(OC)cc([N+](=O)[O-])c1. The highest BCUT2D eigenvalue weighted by atomic mass is 16.6. The average molecular weight is 254 g/mol. The number of rotatable bonds is 7. The molecular weight excluding hydrogens is 236 g/mol. The minimum absolute atomic E-state index is 0.00203. The highest BCUT2D eigenvalue weighted by molar-refractivity contribution is 5.42. The minimum Gasteiger partial charge on any atom is -0.496 e. The van der Waals surface area contributed by atoms with E-state index in [-0.39, 0.29) is 5.69 Å². The van der Waals surface area contributed by atoms with Crippen molar-refractivity contribution in [3.63, 3.8) is 0 Å². The van der Waals surface area contributed by atoms with Gasteiger partial charge in [0, 0.05) is 19.2 Å². The summed E-state index contributed by atoms with van der Waals surface area (Å²) in [5, 5.41) is 23.2. The quantitative estimate of drug-likeness (QED) is 0.568.